The highest BCUT2D eigenvalue weighted by Crippen LogP contribution is 2.21. The molecule has 1 nitrogen and oxygen atoms in total. The molecule has 1 heterocycles. The maximum absolute atomic E-state index is 5.18. The monoisotopic (exact) mass is 146 g/mol. The Bertz CT molecular complexity index is 267. The number of allylic oxidation sites excluding steroid dienone is 5. The van der Waals surface area contributed by atoms with Gasteiger partial charge < -0.3 is 4.74 Å². The molecule has 0 amide bonds. The topological polar surface area (TPSA) is 9.23 Å². The van der Waals surface area contributed by atoms with Crippen LogP contribution in [-0.4, -0.2) is 6.61 Å². The zero-order valence-electron chi connectivity index (χ0n) is 6.29. The SMILES string of the molecule is C1=CCC(C2=CC=COC2)=C1. The summed E-state index contributed by atoms with van der Waals surface area (Å²) < 4.78 is 5.18. The van der Waals surface area contributed by atoms with Crippen LogP contribution in [0.2, 0.25) is 0 Å². The van der Waals surface area contributed by atoms with Crippen molar-refractivity contribution < 1.29 is 4.74 Å². The normalized spacial score (nSPS) is 21.1. The van der Waals surface area contributed by atoms with Crippen LogP contribution in [0, 0.1) is 0 Å². The molecule has 0 N–H and O–H groups in total. The summed E-state index contributed by atoms with van der Waals surface area (Å²) in [5.41, 5.74) is 2.69. The molecule has 11 heavy (non-hydrogen) atoms. The van der Waals surface area contributed by atoms with Gasteiger partial charge in [-0.25, -0.2) is 0 Å². The van der Waals surface area contributed by atoms with Gasteiger partial charge in [0.15, 0.2) is 0 Å². The number of hydrogen-bond acceptors (Lipinski definition) is 1. The third-order valence-electron chi connectivity index (χ3n) is 1.89. The summed E-state index contributed by atoms with van der Waals surface area (Å²) in [6, 6.07) is 0. The first-order chi connectivity index (χ1) is 5.47. The first kappa shape index (κ1) is 6.47. The predicted octanol–water partition coefficient (Wildman–Crippen LogP) is 2.34. The molecule has 0 radical (unpaired) electrons. The molecular weight excluding hydrogens is 136 g/mol. The lowest BCUT2D eigenvalue weighted by molar-refractivity contribution is 0.277. The van der Waals surface area contributed by atoms with E-state index in [2.05, 4.69) is 24.3 Å². The zero-order chi connectivity index (χ0) is 7.52. The highest BCUT2D eigenvalue weighted by Gasteiger charge is 2.07. The van der Waals surface area contributed by atoms with E-state index in [1.807, 2.05) is 6.08 Å². The summed E-state index contributed by atoms with van der Waals surface area (Å²) >= 11 is 0. The molecule has 56 valence electrons. The van der Waals surface area contributed by atoms with Crippen LogP contribution in [0.4, 0.5) is 0 Å². The van der Waals surface area contributed by atoms with E-state index >= 15 is 0 Å². The van der Waals surface area contributed by atoms with Gasteiger partial charge in [0, 0.05) is 0 Å². The lowest BCUT2D eigenvalue weighted by Crippen LogP contribution is -1.98. The quantitative estimate of drug-likeness (QED) is 0.551. The molecule has 0 bridgehead atoms. The Kier molecular flexibility index (Phi) is 1.64. The van der Waals surface area contributed by atoms with Crippen LogP contribution in [-0.2, 0) is 4.74 Å². The van der Waals surface area contributed by atoms with Gasteiger partial charge >= 0.3 is 0 Å². The molecule has 0 saturated heterocycles. The summed E-state index contributed by atoms with van der Waals surface area (Å²) in [6.45, 7) is 0.726. The predicted molar refractivity (Wildman–Crippen MR) is 45.0 cm³/mol. The third kappa shape index (κ3) is 1.27. The molecule has 0 unspecified atom stereocenters. The van der Waals surface area contributed by atoms with Gasteiger partial charge in [-0.2, -0.15) is 0 Å². The van der Waals surface area contributed by atoms with Gasteiger partial charge in [-0.15, -0.1) is 0 Å². The van der Waals surface area contributed by atoms with Crippen LogP contribution in [0.1, 0.15) is 6.42 Å². The summed E-state index contributed by atoms with van der Waals surface area (Å²) in [5.74, 6) is 0. The van der Waals surface area contributed by atoms with E-state index in [1.165, 1.54) is 11.1 Å². The minimum absolute atomic E-state index is 0.726. The molecule has 1 heteroatoms. The van der Waals surface area contributed by atoms with Crippen molar-refractivity contribution in [2.45, 2.75) is 6.42 Å². The van der Waals surface area contributed by atoms with E-state index < -0.39 is 0 Å². The summed E-state index contributed by atoms with van der Waals surface area (Å²) in [4.78, 5) is 0. The van der Waals surface area contributed by atoms with Crippen molar-refractivity contribution in [3.8, 4) is 0 Å². The molecule has 0 aromatic heterocycles. The Morgan fingerprint density at radius 1 is 1.09 bits per heavy atom. The third-order valence-corrected chi connectivity index (χ3v) is 1.89. The molecule has 0 fully saturated rings. The molecule has 0 aromatic rings. The Labute approximate surface area is 66.4 Å². The highest BCUT2D eigenvalue weighted by molar-refractivity contribution is 5.42. The summed E-state index contributed by atoms with van der Waals surface area (Å²) in [7, 11) is 0. The summed E-state index contributed by atoms with van der Waals surface area (Å²) in [5, 5.41) is 0. The van der Waals surface area contributed by atoms with E-state index in [0.717, 1.165) is 13.0 Å². The van der Waals surface area contributed by atoms with Crippen molar-refractivity contribution >= 4 is 0 Å². The van der Waals surface area contributed by atoms with Crippen molar-refractivity contribution in [3.05, 3.63) is 47.8 Å². The van der Waals surface area contributed by atoms with Gasteiger partial charge in [0.1, 0.15) is 6.61 Å². The van der Waals surface area contributed by atoms with E-state index in [-0.39, 0.29) is 0 Å². The van der Waals surface area contributed by atoms with Crippen LogP contribution in [0.5, 0.6) is 0 Å². The van der Waals surface area contributed by atoms with E-state index in [1.54, 1.807) is 6.26 Å². The van der Waals surface area contributed by atoms with Crippen LogP contribution in [0.15, 0.2) is 47.8 Å². The van der Waals surface area contributed by atoms with Crippen LogP contribution < -0.4 is 0 Å². The number of ether oxygens (including phenoxy) is 1. The van der Waals surface area contributed by atoms with Crippen molar-refractivity contribution in [3.63, 3.8) is 0 Å². The largest absolute Gasteiger partial charge is 0.497 e. The molecule has 1 aliphatic carbocycles. The Hall–Kier alpha value is -1.24. The van der Waals surface area contributed by atoms with Crippen molar-refractivity contribution in [2.75, 3.05) is 6.61 Å². The van der Waals surface area contributed by atoms with Gasteiger partial charge in [0.05, 0.1) is 6.26 Å². The first-order valence-electron chi connectivity index (χ1n) is 3.80. The van der Waals surface area contributed by atoms with E-state index in [4.69, 9.17) is 4.74 Å². The average molecular weight is 146 g/mol. The van der Waals surface area contributed by atoms with Gasteiger partial charge in [-0.1, -0.05) is 24.3 Å². The fraction of sp³-hybridized carbons (Fsp3) is 0.200. The number of hydrogen-bond donors (Lipinski definition) is 0. The highest BCUT2D eigenvalue weighted by atomic mass is 16.5. The Balaban J connectivity index is 2.16. The van der Waals surface area contributed by atoms with Crippen LogP contribution in [0.3, 0.4) is 0 Å². The van der Waals surface area contributed by atoms with Gasteiger partial charge in [0.25, 0.3) is 0 Å². The van der Waals surface area contributed by atoms with Crippen molar-refractivity contribution in [2.24, 2.45) is 0 Å². The zero-order valence-corrected chi connectivity index (χ0v) is 6.29. The first-order valence-corrected chi connectivity index (χ1v) is 3.80. The average Bonchev–Trinajstić information content (AvgIpc) is 2.58. The van der Waals surface area contributed by atoms with E-state index in [0.29, 0.717) is 0 Å². The fourth-order valence-electron chi connectivity index (χ4n) is 1.28. The second-order valence-corrected chi connectivity index (χ2v) is 2.66. The second-order valence-electron chi connectivity index (χ2n) is 2.66. The molecule has 2 aliphatic rings. The van der Waals surface area contributed by atoms with Crippen LogP contribution >= 0.6 is 0 Å². The number of rotatable bonds is 1. The molecule has 0 spiro atoms. The van der Waals surface area contributed by atoms with Gasteiger partial charge in [0.2, 0.25) is 0 Å². The molecule has 0 saturated carbocycles. The minimum Gasteiger partial charge on any atom is -0.497 e. The van der Waals surface area contributed by atoms with E-state index in [9.17, 15) is 0 Å². The molecular formula is C10H10O. The summed E-state index contributed by atoms with van der Waals surface area (Å²) in [6.07, 6.45) is 13.2. The Morgan fingerprint density at radius 3 is 2.64 bits per heavy atom. The fourth-order valence-corrected chi connectivity index (χ4v) is 1.28. The smallest absolute Gasteiger partial charge is 0.113 e. The Morgan fingerprint density at radius 2 is 2.00 bits per heavy atom. The van der Waals surface area contributed by atoms with Crippen molar-refractivity contribution in [1.82, 2.24) is 0 Å². The van der Waals surface area contributed by atoms with Crippen molar-refractivity contribution in [1.29, 1.82) is 0 Å². The maximum Gasteiger partial charge on any atom is 0.113 e. The molecule has 1 aliphatic heterocycles. The molecule has 2 rings (SSSR count). The second kappa shape index (κ2) is 2.79. The van der Waals surface area contributed by atoms with Crippen LogP contribution in [0.25, 0.3) is 0 Å². The molecule has 0 aromatic carbocycles. The van der Waals surface area contributed by atoms with Gasteiger partial charge in [-0.05, 0) is 23.6 Å². The minimum atomic E-state index is 0.726. The van der Waals surface area contributed by atoms with Gasteiger partial charge in [-0.3, -0.25) is 0 Å². The lowest BCUT2D eigenvalue weighted by Gasteiger charge is -2.10. The lowest BCUT2D eigenvalue weighted by atomic mass is 10.1. The molecule has 0 atom stereocenters. The standard InChI is InChI=1S/C10H10O/c1-2-5-9(4-1)10-6-3-7-11-8-10/h1-4,6-7H,5,8H2. The maximum atomic E-state index is 5.18.